The van der Waals surface area contributed by atoms with E-state index >= 15 is 0 Å². The lowest BCUT2D eigenvalue weighted by Gasteiger charge is -2.10. The summed E-state index contributed by atoms with van der Waals surface area (Å²) in [6.07, 6.45) is 6.84. The molecule has 3 aromatic heterocycles. The SMILES string of the molecule is CCc1ccnc2ccc(Nc3nc(NC4CC4)c4[nH]cnc4n3)cc12.O.O. The fourth-order valence-electron chi connectivity index (χ4n) is 3.13. The summed E-state index contributed by atoms with van der Waals surface area (Å²) in [5, 5.41) is 7.92. The number of benzene rings is 1. The smallest absolute Gasteiger partial charge is 0.231 e. The molecule has 5 rings (SSSR count). The quantitative estimate of drug-likeness (QED) is 0.481. The molecule has 9 heteroatoms. The molecule has 0 unspecified atom stereocenters. The topological polar surface area (TPSA) is 154 Å². The number of nitrogens with zero attached hydrogens (tertiary/aromatic N) is 4. The van der Waals surface area contributed by atoms with Crippen molar-refractivity contribution < 1.29 is 11.0 Å². The van der Waals surface area contributed by atoms with E-state index in [-0.39, 0.29) is 11.0 Å². The van der Waals surface area contributed by atoms with E-state index in [4.69, 9.17) is 0 Å². The van der Waals surface area contributed by atoms with E-state index in [9.17, 15) is 0 Å². The number of aryl methyl sites for hydroxylation is 1. The Morgan fingerprint density at radius 2 is 1.96 bits per heavy atom. The highest BCUT2D eigenvalue weighted by molar-refractivity contribution is 5.87. The maximum Gasteiger partial charge on any atom is 0.231 e. The lowest BCUT2D eigenvalue weighted by atomic mass is 10.1. The fourth-order valence-corrected chi connectivity index (χ4v) is 3.13. The largest absolute Gasteiger partial charge is 0.412 e. The molecule has 28 heavy (non-hydrogen) atoms. The summed E-state index contributed by atoms with van der Waals surface area (Å²) in [6.45, 7) is 2.15. The first kappa shape index (κ1) is 19.5. The van der Waals surface area contributed by atoms with Gasteiger partial charge in [0.1, 0.15) is 5.52 Å². The zero-order chi connectivity index (χ0) is 17.5. The minimum absolute atomic E-state index is 0. The Hall–Kier alpha value is -3.30. The third kappa shape index (κ3) is 3.57. The molecule has 1 saturated carbocycles. The molecule has 0 atom stereocenters. The van der Waals surface area contributed by atoms with Gasteiger partial charge in [-0.15, -0.1) is 0 Å². The molecule has 9 nitrogen and oxygen atoms in total. The molecule has 146 valence electrons. The molecular formula is C19H23N7O2. The van der Waals surface area contributed by atoms with Crippen LogP contribution in [0.5, 0.6) is 0 Å². The van der Waals surface area contributed by atoms with Crippen molar-refractivity contribution in [3.63, 3.8) is 0 Å². The number of H-pyrrole nitrogens is 1. The second-order valence-corrected chi connectivity index (χ2v) is 6.60. The van der Waals surface area contributed by atoms with Gasteiger partial charge in [-0.2, -0.15) is 9.97 Å². The van der Waals surface area contributed by atoms with Crippen molar-refractivity contribution in [1.29, 1.82) is 0 Å². The van der Waals surface area contributed by atoms with E-state index in [1.807, 2.05) is 18.3 Å². The Morgan fingerprint density at radius 1 is 1.11 bits per heavy atom. The Kier molecular flexibility index (Phi) is 5.39. The summed E-state index contributed by atoms with van der Waals surface area (Å²) in [7, 11) is 0. The lowest BCUT2D eigenvalue weighted by molar-refractivity contribution is 0.823. The fraction of sp³-hybridized carbons (Fsp3) is 0.263. The maximum absolute atomic E-state index is 4.65. The Bertz CT molecular complexity index is 1110. The van der Waals surface area contributed by atoms with Gasteiger partial charge in [-0.1, -0.05) is 6.92 Å². The van der Waals surface area contributed by atoms with Crippen LogP contribution in [0.4, 0.5) is 17.5 Å². The van der Waals surface area contributed by atoms with E-state index in [1.165, 1.54) is 18.4 Å². The molecule has 0 aliphatic heterocycles. The number of fused-ring (bicyclic) bond motifs is 2. The van der Waals surface area contributed by atoms with Gasteiger partial charge >= 0.3 is 0 Å². The minimum Gasteiger partial charge on any atom is -0.412 e. The molecule has 7 N–H and O–H groups in total. The number of hydrogen-bond donors (Lipinski definition) is 3. The highest BCUT2D eigenvalue weighted by Gasteiger charge is 2.23. The van der Waals surface area contributed by atoms with Gasteiger partial charge in [0.2, 0.25) is 5.95 Å². The van der Waals surface area contributed by atoms with Crippen molar-refractivity contribution in [2.45, 2.75) is 32.2 Å². The van der Waals surface area contributed by atoms with Crippen molar-refractivity contribution in [3.05, 3.63) is 42.4 Å². The van der Waals surface area contributed by atoms with Gasteiger partial charge in [-0.05, 0) is 49.1 Å². The summed E-state index contributed by atoms with van der Waals surface area (Å²) in [4.78, 5) is 21.0. The zero-order valence-electron chi connectivity index (χ0n) is 15.5. The number of imidazole rings is 1. The Labute approximate surface area is 161 Å². The summed E-state index contributed by atoms with van der Waals surface area (Å²) >= 11 is 0. The van der Waals surface area contributed by atoms with Crippen LogP contribution in [0.2, 0.25) is 0 Å². The predicted molar refractivity (Wildman–Crippen MR) is 110 cm³/mol. The molecule has 0 saturated heterocycles. The number of aromatic nitrogens is 5. The molecule has 0 amide bonds. The maximum atomic E-state index is 4.65. The number of aromatic amines is 1. The van der Waals surface area contributed by atoms with Gasteiger partial charge in [-0.3, -0.25) is 4.98 Å². The van der Waals surface area contributed by atoms with Crippen molar-refractivity contribution in [3.8, 4) is 0 Å². The minimum atomic E-state index is 0. The summed E-state index contributed by atoms with van der Waals surface area (Å²) in [5.41, 5.74) is 4.71. The summed E-state index contributed by atoms with van der Waals surface area (Å²) in [5.74, 6) is 1.34. The first-order valence-corrected chi connectivity index (χ1v) is 8.92. The average Bonchev–Trinajstić information content (AvgIpc) is 3.34. The average molecular weight is 381 g/mol. The van der Waals surface area contributed by atoms with Gasteiger partial charge in [0.25, 0.3) is 0 Å². The van der Waals surface area contributed by atoms with Crippen LogP contribution in [0.25, 0.3) is 22.1 Å². The van der Waals surface area contributed by atoms with Crippen LogP contribution in [0.1, 0.15) is 25.3 Å². The molecule has 4 aromatic rings. The van der Waals surface area contributed by atoms with Crippen molar-refractivity contribution in [1.82, 2.24) is 24.9 Å². The summed E-state index contributed by atoms with van der Waals surface area (Å²) in [6, 6.07) is 8.69. The van der Waals surface area contributed by atoms with Gasteiger partial charge in [0.05, 0.1) is 11.8 Å². The van der Waals surface area contributed by atoms with E-state index < -0.39 is 0 Å². The van der Waals surface area contributed by atoms with Crippen LogP contribution in [0, 0.1) is 0 Å². The molecule has 0 bridgehead atoms. The molecule has 0 radical (unpaired) electrons. The lowest BCUT2D eigenvalue weighted by Crippen LogP contribution is -2.07. The number of pyridine rings is 1. The van der Waals surface area contributed by atoms with Crippen LogP contribution in [0.15, 0.2) is 36.8 Å². The second kappa shape index (κ2) is 7.75. The molecule has 0 spiro atoms. The first-order chi connectivity index (χ1) is 12.8. The van der Waals surface area contributed by atoms with Gasteiger partial charge in [0, 0.05) is 23.3 Å². The highest BCUT2D eigenvalue weighted by atomic mass is 16.0. The van der Waals surface area contributed by atoms with Crippen LogP contribution in [-0.4, -0.2) is 41.9 Å². The zero-order valence-corrected chi connectivity index (χ0v) is 15.5. The number of rotatable bonds is 5. The predicted octanol–water partition coefficient (Wildman–Crippen LogP) is 2.13. The third-order valence-corrected chi connectivity index (χ3v) is 4.67. The van der Waals surface area contributed by atoms with Gasteiger partial charge < -0.3 is 26.6 Å². The number of nitrogens with one attached hydrogen (secondary N) is 3. The molecule has 1 fully saturated rings. The Balaban J connectivity index is 0.00000112. The van der Waals surface area contributed by atoms with Crippen LogP contribution in [-0.2, 0) is 6.42 Å². The standard InChI is InChI=1S/C19H19N7.2H2O/c1-2-11-7-8-20-15-6-5-13(9-14(11)15)24-19-25-17-16(21-10-22-17)18(26-19)23-12-3-4-12;;/h5-10,12H,2-4H2,1H3,(H3,21,22,23,24,25,26);2*1H2. The second-order valence-electron chi connectivity index (χ2n) is 6.60. The van der Waals surface area contributed by atoms with Crippen LogP contribution >= 0.6 is 0 Å². The first-order valence-electron chi connectivity index (χ1n) is 8.92. The van der Waals surface area contributed by atoms with Crippen molar-refractivity contribution in [2.24, 2.45) is 0 Å². The van der Waals surface area contributed by atoms with Crippen LogP contribution in [0.3, 0.4) is 0 Å². The normalized spacial score (nSPS) is 13.0. The van der Waals surface area contributed by atoms with Gasteiger partial charge in [-0.25, -0.2) is 4.98 Å². The van der Waals surface area contributed by atoms with Gasteiger partial charge in [0.15, 0.2) is 11.5 Å². The number of anilines is 3. The highest BCUT2D eigenvalue weighted by Crippen LogP contribution is 2.29. The molecular weight excluding hydrogens is 358 g/mol. The molecule has 1 aliphatic rings. The van der Waals surface area contributed by atoms with Crippen LogP contribution < -0.4 is 10.6 Å². The number of hydrogen-bond acceptors (Lipinski definition) is 6. The molecule has 1 aromatic carbocycles. The van der Waals surface area contributed by atoms with E-state index in [2.05, 4.69) is 54.6 Å². The molecule has 1 aliphatic carbocycles. The molecule has 3 heterocycles. The van der Waals surface area contributed by atoms with E-state index in [0.29, 0.717) is 17.6 Å². The van der Waals surface area contributed by atoms with E-state index in [1.54, 1.807) is 6.33 Å². The monoisotopic (exact) mass is 381 g/mol. The third-order valence-electron chi connectivity index (χ3n) is 4.67. The summed E-state index contributed by atoms with van der Waals surface area (Å²) < 4.78 is 0. The van der Waals surface area contributed by atoms with Crippen molar-refractivity contribution in [2.75, 3.05) is 10.6 Å². The Morgan fingerprint density at radius 3 is 2.75 bits per heavy atom. The van der Waals surface area contributed by atoms with Crippen molar-refractivity contribution >= 4 is 39.5 Å². The van der Waals surface area contributed by atoms with E-state index in [0.717, 1.165) is 34.3 Å².